The van der Waals surface area contributed by atoms with E-state index in [1.165, 1.54) is 0 Å². The minimum absolute atomic E-state index is 0.0218. The predicted molar refractivity (Wildman–Crippen MR) is 140 cm³/mol. The molecule has 0 atom stereocenters. The van der Waals surface area contributed by atoms with Crippen molar-refractivity contribution in [2.45, 2.75) is 13.3 Å². The summed E-state index contributed by atoms with van der Waals surface area (Å²) in [6, 6.07) is 0. The largest absolute Gasteiger partial charge is 0.480 e. The molecule has 38 heavy (non-hydrogen) atoms. The quantitative estimate of drug-likeness (QED) is 0.0946. The van der Waals surface area contributed by atoms with Crippen LogP contribution >= 0.6 is 0 Å². The van der Waals surface area contributed by atoms with E-state index in [1.54, 1.807) is 17.0 Å². The van der Waals surface area contributed by atoms with Crippen molar-refractivity contribution in [3.63, 3.8) is 0 Å². The van der Waals surface area contributed by atoms with E-state index in [-0.39, 0.29) is 24.9 Å². The summed E-state index contributed by atoms with van der Waals surface area (Å²) in [6.45, 7) is 10.6. The summed E-state index contributed by atoms with van der Waals surface area (Å²) in [5.41, 5.74) is 0. The Morgan fingerprint density at radius 3 is 1.95 bits per heavy atom. The van der Waals surface area contributed by atoms with E-state index in [9.17, 15) is 14.4 Å². The number of piperazine rings is 1. The molecule has 4 N–H and O–H groups in total. The van der Waals surface area contributed by atoms with Crippen molar-refractivity contribution in [2.75, 3.05) is 125 Å². The lowest BCUT2D eigenvalue weighted by molar-refractivity contribution is -0.138. The highest BCUT2D eigenvalue weighted by Crippen LogP contribution is 2.01. The number of carboxylic acids is 1. The summed E-state index contributed by atoms with van der Waals surface area (Å²) in [6.07, 6.45) is 0.364. The van der Waals surface area contributed by atoms with E-state index in [0.29, 0.717) is 112 Å². The standard InChI is InChI=1S/C24H48N6O8/c1-3-28(7-6-27(2)21-24(33)34)20-22(31)26-5-13-36-15-17-38-19-18-37-16-14-35-12-4-23(32)29-8-10-30(25)11-9-29/h3-21,25H2,1-2H3,(H,26,31)(H,33,34). The van der Waals surface area contributed by atoms with Crippen molar-refractivity contribution in [2.24, 2.45) is 5.84 Å². The maximum Gasteiger partial charge on any atom is 0.317 e. The molecule has 1 fully saturated rings. The zero-order valence-corrected chi connectivity index (χ0v) is 23.1. The summed E-state index contributed by atoms with van der Waals surface area (Å²) in [5.74, 6) is 4.82. The van der Waals surface area contributed by atoms with Gasteiger partial charge in [0.25, 0.3) is 0 Å². The molecule has 14 heteroatoms. The first kappa shape index (κ1) is 34.1. The van der Waals surface area contributed by atoms with Crippen LogP contribution < -0.4 is 11.2 Å². The maximum atomic E-state index is 12.1. The zero-order chi connectivity index (χ0) is 28.0. The van der Waals surface area contributed by atoms with Gasteiger partial charge in [0.1, 0.15) is 0 Å². The van der Waals surface area contributed by atoms with Crippen LogP contribution in [0.1, 0.15) is 13.3 Å². The third-order valence-electron chi connectivity index (χ3n) is 5.83. The lowest BCUT2D eigenvalue weighted by atomic mass is 10.3. The molecule has 0 saturated carbocycles. The van der Waals surface area contributed by atoms with Crippen molar-refractivity contribution in [3.05, 3.63) is 0 Å². The number of hydrogen-bond acceptors (Lipinski definition) is 11. The van der Waals surface area contributed by atoms with Gasteiger partial charge < -0.3 is 34.3 Å². The van der Waals surface area contributed by atoms with Crippen LogP contribution in [0.15, 0.2) is 0 Å². The number of carbonyl (C=O) groups excluding carboxylic acids is 2. The molecule has 0 bridgehead atoms. The molecular formula is C24H48N6O8. The van der Waals surface area contributed by atoms with Crippen LogP contribution in [0.25, 0.3) is 0 Å². The first-order chi connectivity index (χ1) is 18.3. The first-order valence-corrected chi connectivity index (χ1v) is 13.3. The van der Waals surface area contributed by atoms with Gasteiger partial charge in [-0.15, -0.1) is 0 Å². The van der Waals surface area contributed by atoms with Crippen LogP contribution in [0.3, 0.4) is 0 Å². The second-order valence-electron chi connectivity index (χ2n) is 8.97. The topological polar surface area (TPSA) is 159 Å². The molecule has 0 aromatic carbocycles. The average Bonchev–Trinajstić information content (AvgIpc) is 2.88. The first-order valence-electron chi connectivity index (χ1n) is 13.3. The van der Waals surface area contributed by atoms with Crippen LogP contribution in [0.5, 0.6) is 0 Å². The summed E-state index contributed by atoms with van der Waals surface area (Å²) < 4.78 is 21.8. The molecule has 0 aromatic rings. The van der Waals surface area contributed by atoms with Gasteiger partial charge >= 0.3 is 5.97 Å². The van der Waals surface area contributed by atoms with E-state index in [4.69, 9.17) is 29.9 Å². The Hall–Kier alpha value is -1.91. The van der Waals surface area contributed by atoms with Crippen molar-refractivity contribution in [1.82, 2.24) is 25.0 Å². The van der Waals surface area contributed by atoms with Crippen LogP contribution in [0.4, 0.5) is 0 Å². The number of ether oxygens (including phenoxy) is 4. The lowest BCUT2D eigenvalue weighted by Crippen LogP contribution is -2.51. The predicted octanol–water partition coefficient (Wildman–Crippen LogP) is -2.08. The molecule has 1 rings (SSSR count). The average molecular weight is 549 g/mol. The number of carboxylic acid groups (broad SMARTS) is 1. The number of amides is 2. The zero-order valence-electron chi connectivity index (χ0n) is 23.1. The number of likely N-dealkylation sites (N-methyl/N-ethyl adjacent to an activating group) is 2. The van der Waals surface area contributed by atoms with Crippen LogP contribution in [0, 0.1) is 0 Å². The molecule has 0 aromatic heterocycles. The highest BCUT2D eigenvalue weighted by Gasteiger charge is 2.18. The van der Waals surface area contributed by atoms with Gasteiger partial charge in [-0.3, -0.25) is 30.0 Å². The summed E-state index contributed by atoms with van der Waals surface area (Å²) in [7, 11) is 1.74. The van der Waals surface area contributed by atoms with Crippen LogP contribution in [-0.4, -0.2) is 168 Å². The van der Waals surface area contributed by atoms with Crippen molar-refractivity contribution >= 4 is 17.8 Å². The Kier molecular flexibility index (Phi) is 19.7. The molecule has 1 saturated heterocycles. The molecule has 1 aliphatic heterocycles. The molecule has 1 heterocycles. The smallest absolute Gasteiger partial charge is 0.317 e. The number of nitrogens with zero attached hydrogens (tertiary/aromatic N) is 4. The summed E-state index contributed by atoms with van der Waals surface area (Å²) in [4.78, 5) is 40.3. The SMILES string of the molecule is CCN(CCN(C)CC(=O)O)CC(=O)NCCOCCOCCOCCOCCC(=O)N1CCN(N)CC1. The molecular weight excluding hydrogens is 500 g/mol. The highest BCUT2D eigenvalue weighted by atomic mass is 16.6. The third-order valence-corrected chi connectivity index (χ3v) is 5.83. The molecule has 0 radical (unpaired) electrons. The summed E-state index contributed by atoms with van der Waals surface area (Å²) in [5, 5.41) is 13.3. The normalized spacial score (nSPS) is 14.4. The van der Waals surface area contributed by atoms with Gasteiger partial charge in [0.05, 0.1) is 72.4 Å². The third kappa shape index (κ3) is 18.4. The molecule has 2 amide bonds. The number of carbonyl (C=O) groups is 3. The fraction of sp³-hybridized carbons (Fsp3) is 0.875. The van der Waals surface area contributed by atoms with Crippen molar-refractivity contribution < 1.29 is 38.4 Å². The van der Waals surface area contributed by atoms with E-state index < -0.39 is 5.97 Å². The van der Waals surface area contributed by atoms with Gasteiger partial charge in [0, 0.05) is 45.8 Å². The molecule has 0 aliphatic carbocycles. The minimum atomic E-state index is -0.867. The van der Waals surface area contributed by atoms with Crippen LogP contribution in [0.2, 0.25) is 0 Å². The van der Waals surface area contributed by atoms with E-state index >= 15 is 0 Å². The van der Waals surface area contributed by atoms with Crippen LogP contribution in [-0.2, 0) is 33.3 Å². The van der Waals surface area contributed by atoms with E-state index in [2.05, 4.69) is 5.32 Å². The van der Waals surface area contributed by atoms with Gasteiger partial charge in [-0.25, -0.2) is 5.01 Å². The second-order valence-corrected chi connectivity index (χ2v) is 8.97. The lowest BCUT2D eigenvalue weighted by Gasteiger charge is -2.32. The Morgan fingerprint density at radius 1 is 0.842 bits per heavy atom. The van der Waals surface area contributed by atoms with Gasteiger partial charge in [-0.05, 0) is 13.6 Å². The number of hydrogen-bond donors (Lipinski definition) is 3. The van der Waals surface area contributed by atoms with E-state index in [0.717, 1.165) is 0 Å². The molecule has 14 nitrogen and oxygen atoms in total. The number of hydrazine groups is 1. The second kappa shape index (κ2) is 22.0. The number of nitrogens with two attached hydrogens (primary N) is 1. The Labute approximate surface area is 226 Å². The number of rotatable bonds is 23. The highest BCUT2D eigenvalue weighted by molar-refractivity contribution is 5.78. The minimum Gasteiger partial charge on any atom is -0.480 e. The Balaban J connectivity index is 1.85. The van der Waals surface area contributed by atoms with Gasteiger partial charge in [0.15, 0.2) is 0 Å². The number of aliphatic carboxylic acids is 1. The van der Waals surface area contributed by atoms with Gasteiger partial charge in [-0.1, -0.05) is 6.92 Å². The van der Waals surface area contributed by atoms with Crippen molar-refractivity contribution in [3.8, 4) is 0 Å². The monoisotopic (exact) mass is 548 g/mol. The van der Waals surface area contributed by atoms with Gasteiger partial charge in [-0.2, -0.15) is 0 Å². The fourth-order valence-electron chi connectivity index (χ4n) is 3.54. The maximum absolute atomic E-state index is 12.1. The molecule has 222 valence electrons. The van der Waals surface area contributed by atoms with Gasteiger partial charge in [0.2, 0.25) is 11.8 Å². The molecule has 0 unspecified atom stereocenters. The fourth-order valence-corrected chi connectivity index (χ4v) is 3.54. The molecule has 0 spiro atoms. The van der Waals surface area contributed by atoms with E-state index in [1.807, 2.05) is 16.7 Å². The Morgan fingerprint density at radius 2 is 1.39 bits per heavy atom. The molecule has 1 aliphatic rings. The van der Waals surface area contributed by atoms with Crippen molar-refractivity contribution in [1.29, 1.82) is 0 Å². The Bertz CT molecular complexity index is 651. The number of nitrogens with one attached hydrogen (secondary N) is 1. The summed E-state index contributed by atoms with van der Waals surface area (Å²) >= 11 is 0.